The van der Waals surface area contributed by atoms with Crippen LogP contribution in [0.1, 0.15) is 39.2 Å². The number of aliphatic imine (C=N–C) groups is 1. The van der Waals surface area contributed by atoms with Crippen molar-refractivity contribution in [3.8, 4) is 11.3 Å². The molecule has 3 aromatic rings. The van der Waals surface area contributed by atoms with Gasteiger partial charge in [-0.1, -0.05) is 24.3 Å². The number of hydrogen-bond donors (Lipinski definition) is 2. The fourth-order valence-electron chi connectivity index (χ4n) is 4.62. The number of benzene rings is 2. The Kier molecular flexibility index (Phi) is 8.82. The third-order valence-corrected chi connectivity index (χ3v) is 8.03. The molecule has 0 radical (unpaired) electrons. The smallest absolute Gasteiger partial charge is 0.336 e. The molecule has 3 N–H and O–H groups in total. The topological polar surface area (TPSA) is 150 Å². The summed E-state index contributed by atoms with van der Waals surface area (Å²) >= 11 is 1.37. The standard InChI is InChI=1S/C28H30N4O6S2/c1-5-37-26(33)23-16(3)30-17(4)24(27(34)38-6-2)25(23)19-8-7-9-20(14-19)31-28-32-22(15-39-28)18-10-12-21(13-11-18)40(29,35)36/h7-15,23,25H,5-6H2,1-4H3,(H,31,32)(H2,29,35,36). The summed E-state index contributed by atoms with van der Waals surface area (Å²) in [5.41, 5.74) is 4.20. The van der Waals surface area contributed by atoms with Gasteiger partial charge in [-0.25, -0.2) is 23.3 Å². The van der Waals surface area contributed by atoms with Crippen LogP contribution in [0.15, 0.2) is 75.1 Å². The molecular weight excluding hydrogens is 552 g/mol. The van der Waals surface area contributed by atoms with E-state index in [0.717, 1.165) is 11.1 Å². The van der Waals surface area contributed by atoms with E-state index in [0.29, 0.717) is 33.5 Å². The first-order valence-corrected chi connectivity index (χ1v) is 15.0. The van der Waals surface area contributed by atoms with Gasteiger partial charge in [0.1, 0.15) is 5.92 Å². The van der Waals surface area contributed by atoms with Gasteiger partial charge < -0.3 is 14.8 Å². The second-order valence-electron chi connectivity index (χ2n) is 9.04. The van der Waals surface area contributed by atoms with Crippen molar-refractivity contribution in [3.63, 3.8) is 0 Å². The third-order valence-electron chi connectivity index (χ3n) is 6.34. The van der Waals surface area contributed by atoms with Crippen LogP contribution < -0.4 is 10.5 Å². The highest BCUT2D eigenvalue weighted by molar-refractivity contribution is 7.89. The summed E-state index contributed by atoms with van der Waals surface area (Å²) in [5, 5.41) is 10.9. The summed E-state index contributed by atoms with van der Waals surface area (Å²) < 4.78 is 33.8. The second-order valence-corrected chi connectivity index (χ2v) is 11.5. The van der Waals surface area contributed by atoms with Gasteiger partial charge in [-0.15, -0.1) is 11.3 Å². The minimum atomic E-state index is -3.78. The Labute approximate surface area is 237 Å². The zero-order valence-electron chi connectivity index (χ0n) is 22.5. The number of allylic oxidation sites excluding steroid dienone is 1. The Bertz CT molecular complexity index is 1590. The van der Waals surface area contributed by atoms with Crippen molar-refractivity contribution in [1.29, 1.82) is 0 Å². The second kappa shape index (κ2) is 12.1. The van der Waals surface area contributed by atoms with E-state index in [9.17, 15) is 18.0 Å². The van der Waals surface area contributed by atoms with Crippen LogP contribution in [0.25, 0.3) is 11.3 Å². The number of carbonyl (C=O) groups is 2. The zero-order chi connectivity index (χ0) is 29.0. The Balaban J connectivity index is 1.66. The van der Waals surface area contributed by atoms with E-state index in [1.165, 1.54) is 23.5 Å². The van der Waals surface area contributed by atoms with E-state index < -0.39 is 33.8 Å². The Hall–Kier alpha value is -3.87. The summed E-state index contributed by atoms with van der Waals surface area (Å²) in [5.74, 6) is -2.42. The van der Waals surface area contributed by atoms with Crippen molar-refractivity contribution < 1.29 is 27.5 Å². The minimum Gasteiger partial charge on any atom is -0.465 e. The van der Waals surface area contributed by atoms with Gasteiger partial charge >= 0.3 is 11.9 Å². The van der Waals surface area contributed by atoms with Crippen LogP contribution in [0.2, 0.25) is 0 Å². The van der Waals surface area contributed by atoms with Crippen LogP contribution in [0.3, 0.4) is 0 Å². The summed E-state index contributed by atoms with van der Waals surface area (Å²) in [4.78, 5) is 35.3. The number of nitrogens with zero attached hydrogens (tertiary/aromatic N) is 2. The fourth-order valence-corrected chi connectivity index (χ4v) is 5.88. The lowest BCUT2D eigenvalue weighted by molar-refractivity contribution is -0.146. The summed E-state index contributed by atoms with van der Waals surface area (Å²) in [6, 6.07) is 13.6. The van der Waals surface area contributed by atoms with Gasteiger partial charge in [-0.05, 0) is 57.5 Å². The number of esters is 2. The quantitative estimate of drug-likeness (QED) is 0.342. The molecule has 0 amide bonds. The Morgan fingerprint density at radius 3 is 2.40 bits per heavy atom. The molecule has 1 aliphatic rings. The van der Waals surface area contributed by atoms with E-state index in [1.54, 1.807) is 39.8 Å². The molecule has 2 aromatic carbocycles. The summed E-state index contributed by atoms with van der Waals surface area (Å²) in [6.07, 6.45) is 0. The van der Waals surface area contributed by atoms with Crippen LogP contribution in [0.5, 0.6) is 0 Å². The molecule has 4 rings (SSSR count). The monoisotopic (exact) mass is 582 g/mol. The molecule has 210 valence electrons. The van der Waals surface area contributed by atoms with Gasteiger partial charge in [0.15, 0.2) is 5.13 Å². The van der Waals surface area contributed by atoms with Crippen molar-refractivity contribution in [1.82, 2.24) is 4.98 Å². The van der Waals surface area contributed by atoms with Crippen LogP contribution >= 0.6 is 11.3 Å². The van der Waals surface area contributed by atoms with Gasteiger partial charge in [0.25, 0.3) is 0 Å². The average molecular weight is 583 g/mol. The maximum absolute atomic E-state index is 13.1. The molecule has 0 saturated heterocycles. The molecule has 0 aliphatic carbocycles. The van der Waals surface area contributed by atoms with E-state index in [1.807, 2.05) is 29.6 Å². The fraction of sp³-hybridized carbons (Fsp3) is 0.286. The number of thiazole rings is 1. The minimum absolute atomic E-state index is 0.0252. The first-order chi connectivity index (χ1) is 19.0. The largest absolute Gasteiger partial charge is 0.465 e. The lowest BCUT2D eigenvalue weighted by atomic mass is 9.75. The number of carbonyl (C=O) groups excluding carboxylic acids is 2. The molecule has 2 unspecified atom stereocenters. The number of hydrogen-bond acceptors (Lipinski definition) is 10. The lowest BCUT2D eigenvalue weighted by Gasteiger charge is -2.31. The van der Waals surface area contributed by atoms with Gasteiger partial charge in [-0.3, -0.25) is 9.79 Å². The Morgan fingerprint density at radius 2 is 1.75 bits per heavy atom. The molecular formula is C28H30N4O6S2. The van der Waals surface area contributed by atoms with E-state index in [4.69, 9.17) is 14.6 Å². The Morgan fingerprint density at radius 1 is 1.05 bits per heavy atom. The SMILES string of the molecule is CCOC(=O)C1=C(C)N=C(C)C(C(=O)OCC)C1c1cccc(Nc2nc(-c3ccc(S(N)(=O)=O)cc3)cs2)c1. The van der Waals surface area contributed by atoms with Crippen LogP contribution in [-0.4, -0.2) is 44.3 Å². The van der Waals surface area contributed by atoms with Gasteiger partial charge in [0, 0.05) is 34.0 Å². The maximum Gasteiger partial charge on any atom is 0.336 e. The molecule has 0 spiro atoms. The maximum atomic E-state index is 13.1. The molecule has 10 nitrogen and oxygen atoms in total. The first kappa shape index (κ1) is 29.1. The number of nitrogens with one attached hydrogen (secondary N) is 1. The predicted octanol–water partition coefficient (Wildman–Crippen LogP) is 4.78. The van der Waals surface area contributed by atoms with Crippen LogP contribution in [0, 0.1) is 5.92 Å². The number of ether oxygens (including phenoxy) is 2. The van der Waals surface area contributed by atoms with Crippen molar-refractivity contribution in [2.24, 2.45) is 16.0 Å². The van der Waals surface area contributed by atoms with E-state index in [2.05, 4.69) is 15.3 Å². The average Bonchev–Trinajstić information content (AvgIpc) is 3.36. The van der Waals surface area contributed by atoms with Crippen molar-refractivity contribution in [3.05, 3.63) is 70.7 Å². The van der Waals surface area contributed by atoms with Gasteiger partial charge in [0.05, 0.1) is 29.4 Å². The van der Waals surface area contributed by atoms with Crippen molar-refractivity contribution >= 4 is 49.8 Å². The van der Waals surface area contributed by atoms with E-state index in [-0.39, 0.29) is 18.1 Å². The first-order valence-electron chi connectivity index (χ1n) is 12.6. The molecule has 2 heterocycles. The molecule has 40 heavy (non-hydrogen) atoms. The lowest BCUT2D eigenvalue weighted by Crippen LogP contribution is -2.36. The number of rotatable bonds is 9. The number of sulfonamides is 1. The number of aromatic nitrogens is 1. The highest BCUT2D eigenvalue weighted by Crippen LogP contribution is 2.41. The molecule has 12 heteroatoms. The third kappa shape index (κ3) is 6.30. The number of anilines is 2. The van der Waals surface area contributed by atoms with E-state index >= 15 is 0 Å². The highest BCUT2D eigenvalue weighted by Gasteiger charge is 2.42. The van der Waals surface area contributed by atoms with Crippen molar-refractivity contribution in [2.75, 3.05) is 18.5 Å². The number of primary sulfonamides is 1. The summed E-state index contributed by atoms with van der Waals surface area (Å²) in [7, 11) is -3.78. The molecule has 2 atom stereocenters. The zero-order valence-corrected chi connectivity index (χ0v) is 24.1. The molecule has 0 fully saturated rings. The molecule has 1 aromatic heterocycles. The van der Waals surface area contributed by atoms with Crippen LogP contribution in [-0.2, 0) is 29.1 Å². The molecule has 1 aliphatic heterocycles. The van der Waals surface area contributed by atoms with Crippen molar-refractivity contribution in [2.45, 2.75) is 38.5 Å². The number of nitrogens with two attached hydrogens (primary N) is 1. The molecule has 0 saturated carbocycles. The molecule has 0 bridgehead atoms. The van der Waals surface area contributed by atoms with Gasteiger partial charge in [-0.2, -0.15) is 0 Å². The highest BCUT2D eigenvalue weighted by atomic mass is 32.2. The predicted molar refractivity (Wildman–Crippen MR) is 154 cm³/mol. The van der Waals surface area contributed by atoms with Gasteiger partial charge in [0.2, 0.25) is 10.0 Å². The van der Waals surface area contributed by atoms with Crippen LogP contribution in [0.4, 0.5) is 10.8 Å². The normalized spacial score (nSPS) is 17.3. The summed E-state index contributed by atoms with van der Waals surface area (Å²) in [6.45, 7) is 7.34.